The Balaban J connectivity index is 1.41. The standard InChI is InChI=1S/C30H48O3/c1-19-20(31)7-8-21-26(19,3)10-9-22-27(21,4)12-13-29(6)23-17-25(2)11-15-30(23,24(32)33-18-25)16-14-28(22,29)5/h19,21-24,32H,7-18H2,1-6H3/t19-,21+,22-,23-,24+,25-,26+,27-,28+,29-,30+/m0/s1. The number of hydrogen-bond acceptors (Lipinski definition) is 3. The van der Waals surface area contributed by atoms with Gasteiger partial charge in [-0.1, -0.05) is 41.5 Å². The van der Waals surface area contributed by atoms with Crippen molar-refractivity contribution in [2.24, 2.45) is 56.2 Å². The van der Waals surface area contributed by atoms with Crippen LogP contribution in [0.4, 0.5) is 0 Å². The highest BCUT2D eigenvalue weighted by Gasteiger charge is 2.73. The normalized spacial score (nSPS) is 62.5. The number of Topliss-reactive ketones (excluding diaryl/α,β-unsaturated/α-hetero) is 1. The Morgan fingerprint density at radius 3 is 2.21 bits per heavy atom. The van der Waals surface area contributed by atoms with Crippen LogP contribution in [0.25, 0.3) is 0 Å². The van der Waals surface area contributed by atoms with Crippen LogP contribution in [-0.2, 0) is 9.53 Å². The molecule has 5 saturated carbocycles. The summed E-state index contributed by atoms with van der Waals surface area (Å²) in [5.74, 6) is 2.69. The summed E-state index contributed by atoms with van der Waals surface area (Å²) in [4.78, 5) is 12.7. The first-order valence-electron chi connectivity index (χ1n) is 14.2. The van der Waals surface area contributed by atoms with Gasteiger partial charge in [0.1, 0.15) is 5.78 Å². The summed E-state index contributed by atoms with van der Waals surface area (Å²) in [6.07, 6.45) is 12.3. The fraction of sp³-hybridized carbons (Fsp3) is 0.967. The second-order valence-electron chi connectivity index (χ2n) is 15.2. The van der Waals surface area contributed by atoms with Gasteiger partial charge in [0.15, 0.2) is 6.29 Å². The van der Waals surface area contributed by atoms with Crippen LogP contribution in [0, 0.1) is 56.2 Å². The molecule has 1 spiro atoms. The van der Waals surface area contributed by atoms with Crippen LogP contribution in [0.5, 0.6) is 0 Å². The summed E-state index contributed by atoms with van der Waals surface area (Å²) in [5.41, 5.74) is 1.27. The van der Waals surface area contributed by atoms with Gasteiger partial charge in [0.25, 0.3) is 0 Å². The summed E-state index contributed by atoms with van der Waals surface area (Å²) in [6, 6.07) is 0. The lowest BCUT2D eigenvalue weighted by atomic mass is 9.30. The van der Waals surface area contributed by atoms with E-state index in [4.69, 9.17) is 4.74 Å². The molecule has 0 unspecified atom stereocenters. The molecule has 33 heavy (non-hydrogen) atoms. The first-order valence-corrected chi connectivity index (χ1v) is 14.2. The average Bonchev–Trinajstić information content (AvgIpc) is 2.96. The lowest BCUT2D eigenvalue weighted by Crippen LogP contribution is -2.68. The Kier molecular flexibility index (Phi) is 4.65. The van der Waals surface area contributed by atoms with E-state index in [2.05, 4.69) is 41.5 Å². The van der Waals surface area contributed by atoms with Crippen molar-refractivity contribution in [1.29, 1.82) is 0 Å². The van der Waals surface area contributed by atoms with Gasteiger partial charge in [-0.15, -0.1) is 0 Å². The van der Waals surface area contributed by atoms with Crippen molar-refractivity contribution in [1.82, 2.24) is 0 Å². The summed E-state index contributed by atoms with van der Waals surface area (Å²) in [6.45, 7) is 15.8. The van der Waals surface area contributed by atoms with Gasteiger partial charge in [0.05, 0.1) is 6.61 Å². The summed E-state index contributed by atoms with van der Waals surface area (Å²) >= 11 is 0. The van der Waals surface area contributed by atoms with E-state index in [-0.39, 0.29) is 27.6 Å². The second kappa shape index (κ2) is 6.67. The molecule has 0 radical (unpaired) electrons. The first-order chi connectivity index (χ1) is 15.3. The van der Waals surface area contributed by atoms with Crippen LogP contribution in [0.2, 0.25) is 0 Å². The number of carbonyl (C=O) groups is 1. The van der Waals surface area contributed by atoms with Crippen LogP contribution < -0.4 is 0 Å². The fourth-order valence-electron chi connectivity index (χ4n) is 11.8. The highest BCUT2D eigenvalue weighted by Crippen LogP contribution is 2.79. The minimum absolute atomic E-state index is 0.0348. The zero-order valence-corrected chi connectivity index (χ0v) is 22.1. The summed E-state index contributed by atoms with van der Waals surface area (Å²) < 4.78 is 6.17. The number of ether oxygens (including phenoxy) is 1. The van der Waals surface area contributed by atoms with Crippen molar-refractivity contribution >= 4 is 5.78 Å². The third kappa shape index (κ3) is 2.58. The number of aliphatic hydroxyl groups is 1. The molecule has 3 nitrogen and oxygen atoms in total. The highest BCUT2D eigenvalue weighted by molar-refractivity contribution is 5.82. The van der Waals surface area contributed by atoms with E-state index >= 15 is 0 Å². The van der Waals surface area contributed by atoms with Gasteiger partial charge in [0, 0.05) is 17.8 Å². The number of carbonyl (C=O) groups excluding carboxylic acids is 1. The van der Waals surface area contributed by atoms with Crippen LogP contribution in [0.3, 0.4) is 0 Å². The van der Waals surface area contributed by atoms with Gasteiger partial charge >= 0.3 is 0 Å². The smallest absolute Gasteiger partial charge is 0.160 e. The maximum Gasteiger partial charge on any atom is 0.160 e. The molecule has 2 aliphatic heterocycles. The number of ketones is 1. The van der Waals surface area contributed by atoms with Crippen LogP contribution in [0.15, 0.2) is 0 Å². The topological polar surface area (TPSA) is 46.5 Å². The van der Waals surface area contributed by atoms with Crippen molar-refractivity contribution in [2.45, 2.75) is 118 Å². The molecule has 2 bridgehead atoms. The summed E-state index contributed by atoms with van der Waals surface area (Å²) in [5, 5.41) is 11.3. The van der Waals surface area contributed by atoms with Crippen LogP contribution >= 0.6 is 0 Å². The summed E-state index contributed by atoms with van der Waals surface area (Å²) in [7, 11) is 0. The van der Waals surface area contributed by atoms with E-state index in [1.165, 1.54) is 44.9 Å². The van der Waals surface area contributed by atoms with Crippen molar-refractivity contribution in [3.05, 3.63) is 0 Å². The minimum Gasteiger partial charge on any atom is -0.367 e. The van der Waals surface area contributed by atoms with Gasteiger partial charge in [-0.05, 0) is 109 Å². The number of hydrogen-bond donors (Lipinski definition) is 1. The van der Waals surface area contributed by atoms with Crippen molar-refractivity contribution in [2.75, 3.05) is 6.61 Å². The SMILES string of the molecule is C[C@H]1C(=O)CC[C@@H]2[C@]1(C)CC[C@H]1[C@@]2(C)CC[C@@]2(C)[C@@H]3C[C@]4(C)CC[C@]3(CC[C@]12C)[C@H](O)OC4. The molecule has 11 atom stereocenters. The Hall–Kier alpha value is -0.410. The predicted octanol–water partition coefficient (Wildman–Crippen LogP) is 6.77. The number of fused-ring (bicyclic) bond motifs is 8. The van der Waals surface area contributed by atoms with Gasteiger partial charge in [-0.3, -0.25) is 4.79 Å². The third-order valence-electron chi connectivity index (χ3n) is 14.3. The number of aliphatic hydroxyl groups excluding tert-OH is 1. The lowest BCUT2D eigenvalue weighted by molar-refractivity contribution is -0.283. The van der Waals surface area contributed by atoms with E-state index in [9.17, 15) is 9.90 Å². The van der Waals surface area contributed by atoms with Crippen molar-refractivity contribution in [3.63, 3.8) is 0 Å². The molecule has 2 heterocycles. The van der Waals surface area contributed by atoms with E-state index < -0.39 is 6.29 Å². The molecule has 5 aliphatic carbocycles. The predicted molar refractivity (Wildman–Crippen MR) is 130 cm³/mol. The highest BCUT2D eigenvalue weighted by atomic mass is 16.6. The van der Waals surface area contributed by atoms with E-state index in [1.54, 1.807) is 0 Å². The molecule has 186 valence electrons. The molecular weight excluding hydrogens is 408 g/mol. The Bertz CT molecular complexity index is 869. The zero-order chi connectivity index (χ0) is 23.7. The molecule has 2 saturated heterocycles. The zero-order valence-electron chi connectivity index (χ0n) is 22.1. The van der Waals surface area contributed by atoms with Crippen molar-refractivity contribution < 1.29 is 14.6 Å². The van der Waals surface area contributed by atoms with Gasteiger partial charge in [-0.2, -0.15) is 0 Å². The van der Waals surface area contributed by atoms with Gasteiger partial charge in [0.2, 0.25) is 0 Å². The van der Waals surface area contributed by atoms with Crippen LogP contribution in [0.1, 0.15) is 112 Å². The van der Waals surface area contributed by atoms with Gasteiger partial charge < -0.3 is 9.84 Å². The van der Waals surface area contributed by atoms with Crippen molar-refractivity contribution in [3.8, 4) is 0 Å². The number of rotatable bonds is 0. The maximum absolute atomic E-state index is 12.7. The third-order valence-corrected chi connectivity index (χ3v) is 14.3. The Labute approximate surface area is 201 Å². The molecule has 7 fully saturated rings. The average molecular weight is 457 g/mol. The maximum atomic E-state index is 12.7. The molecular formula is C30H48O3. The molecule has 0 aromatic heterocycles. The quantitative estimate of drug-likeness (QED) is 0.438. The molecule has 7 rings (SSSR count). The second-order valence-corrected chi connectivity index (χ2v) is 15.2. The van der Waals surface area contributed by atoms with Gasteiger partial charge in [-0.25, -0.2) is 0 Å². The molecule has 0 amide bonds. The molecule has 3 heteroatoms. The van der Waals surface area contributed by atoms with E-state index in [0.29, 0.717) is 28.4 Å². The minimum atomic E-state index is -0.582. The Morgan fingerprint density at radius 1 is 0.788 bits per heavy atom. The Morgan fingerprint density at radius 2 is 1.45 bits per heavy atom. The monoisotopic (exact) mass is 456 g/mol. The largest absolute Gasteiger partial charge is 0.367 e. The first kappa shape index (κ1) is 23.0. The molecule has 7 aliphatic rings. The molecule has 0 aromatic carbocycles. The fourth-order valence-corrected chi connectivity index (χ4v) is 11.8. The molecule has 1 N–H and O–H groups in total. The van der Waals surface area contributed by atoms with E-state index in [0.717, 1.165) is 38.2 Å². The lowest BCUT2D eigenvalue weighted by Gasteiger charge is -2.74. The van der Waals surface area contributed by atoms with E-state index in [1.807, 2.05) is 0 Å². The molecule has 0 aromatic rings. The van der Waals surface area contributed by atoms with Crippen LogP contribution in [-0.4, -0.2) is 23.8 Å².